The minimum absolute atomic E-state index is 0.0374. The molecule has 0 aromatic heterocycles. The summed E-state index contributed by atoms with van der Waals surface area (Å²) in [6.07, 6.45) is 1.33. The van der Waals surface area contributed by atoms with E-state index >= 15 is 0 Å². The van der Waals surface area contributed by atoms with E-state index in [9.17, 15) is 9.50 Å². The molecule has 1 N–H and O–H groups in total. The van der Waals surface area contributed by atoms with Gasteiger partial charge in [-0.25, -0.2) is 4.39 Å². The summed E-state index contributed by atoms with van der Waals surface area (Å²) in [6, 6.07) is 12.4. The number of benzene rings is 2. The van der Waals surface area contributed by atoms with Crippen LogP contribution < -0.4 is 0 Å². The van der Waals surface area contributed by atoms with Crippen LogP contribution in [0.3, 0.4) is 0 Å². The third kappa shape index (κ3) is 3.81. The zero-order valence-corrected chi connectivity index (χ0v) is 12.2. The molecule has 0 bridgehead atoms. The first kappa shape index (κ1) is 15.0. The van der Waals surface area contributed by atoms with Crippen LogP contribution in [0.1, 0.15) is 16.7 Å². The van der Waals surface area contributed by atoms with Gasteiger partial charge in [-0.15, -0.1) is 0 Å². The maximum absolute atomic E-state index is 13.3. The Kier molecular flexibility index (Phi) is 5.16. The third-order valence-electron chi connectivity index (χ3n) is 3.54. The molecule has 0 aliphatic rings. The number of halogens is 2. The molecule has 20 heavy (non-hydrogen) atoms. The van der Waals surface area contributed by atoms with Crippen LogP contribution in [0.4, 0.5) is 4.39 Å². The van der Waals surface area contributed by atoms with Crippen LogP contribution >= 0.6 is 11.6 Å². The number of aryl methyl sites for hydroxylation is 1. The Bertz CT molecular complexity index is 583. The van der Waals surface area contributed by atoms with Crippen LogP contribution in [0.25, 0.3) is 0 Å². The van der Waals surface area contributed by atoms with E-state index in [1.807, 2.05) is 31.2 Å². The lowest BCUT2D eigenvalue weighted by molar-refractivity contribution is 0.225. The summed E-state index contributed by atoms with van der Waals surface area (Å²) in [4.78, 5) is 0. The highest BCUT2D eigenvalue weighted by Crippen LogP contribution is 2.22. The number of aliphatic hydroxyl groups excluding tert-OH is 1. The maximum atomic E-state index is 13.3. The number of aliphatic hydroxyl groups is 1. The summed E-state index contributed by atoms with van der Waals surface area (Å²) >= 11 is 6.14. The average molecular weight is 293 g/mol. The Balaban J connectivity index is 2.13. The lowest BCUT2D eigenvalue weighted by Gasteiger charge is -2.16. The summed E-state index contributed by atoms with van der Waals surface area (Å²) in [7, 11) is 0. The first-order valence-electron chi connectivity index (χ1n) is 6.69. The topological polar surface area (TPSA) is 20.2 Å². The summed E-state index contributed by atoms with van der Waals surface area (Å²) < 4.78 is 13.3. The summed E-state index contributed by atoms with van der Waals surface area (Å²) in [5.41, 5.74) is 3.00. The molecule has 0 heterocycles. The zero-order valence-electron chi connectivity index (χ0n) is 11.4. The van der Waals surface area contributed by atoms with E-state index < -0.39 is 0 Å². The van der Waals surface area contributed by atoms with Gasteiger partial charge in [0, 0.05) is 11.6 Å². The SMILES string of the molecule is Cc1ccc(F)cc1CC(CO)Cc1ccccc1Cl. The molecule has 0 saturated heterocycles. The molecule has 1 nitrogen and oxygen atoms in total. The van der Waals surface area contributed by atoms with Gasteiger partial charge in [-0.1, -0.05) is 35.9 Å². The Morgan fingerprint density at radius 2 is 1.80 bits per heavy atom. The minimum Gasteiger partial charge on any atom is -0.396 e. The second-order valence-electron chi connectivity index (χ2n) is 5.12. The van der Waals surface area contributed by atoms with E-state index in [1.54, 1.807) is 12.1 Å². The molecule has 1 unspecified atom stereocenters. The fraction of sp³-hybridized carbons (Fsp3) is 0.294. The van der Waals surface area contributed by atoms with Crippen molar-refractivity contribution >= 4 is 11.6 Å². The predicted octanol–water partition coefficient (Wildman–Crippen LogP) is 4.18. The molecule has 0 fully saturated rings. The molecule has 0 aliphatic heterocycles. The van der Waals surface area contributed by atoms with E-state index in [1.165, 1.54) is 6.07 Å². The minimum atomic E-state index is -0.236. The van der Waals surface area contributed by atoms with Crippen molar-refractivity contribution in [1.82, 2.24) is 0 Å². The highest BCUT2D eigenvalue weighted by Gasteiger charge is 2.13. The average Bonchev–Trinajstić information content (AvgIpc) is 2.44. The van der Waals surface area contributed by atoms with Gasteiger partial charge in [-0.2, -0.15) is 0 Å². The van der Waals surface area contributed by atoms with E-state index in [0.29, 0.717) is 17.9 Å². The molecule has 2 aromatic carbocycles. The van der Waals surface area contributed by atoms with Crippen molar-refractivity contribution < 1.29 is 9.50 Å². The van der Waals surface area contributed by atoms with Gasteiger partial charge in [-0.05, 0) is 60.6 Å². The third-order valence-corrected chi connectivity index (χ3v) is 3.91. The summed E-state index contributed by atoms with van der Waals surface area (Å²) in [6.45, 7) is 2.01. The fourth-order valence-corrected chi connectivity index (χ4v) is 2.56. The van der Waals surface area contributed by atoms with E-state index in [0.717, 1.165) is 16.7 Å². The lowest BCUT2D eigenvalue weighted by Crippen LogP contribution is -2.14. The molecule has 0 saturated carbocycles. The molecular formula is C17H18ClFO. The van der Waals surface area contributed by atoms with Gasteiger partial charge in [0.2, 0.25) is 0 Å². The van der Waals surface area contributed by atoms with Gasteiger partial charge in [0.15, 0.2) is 0 Å². The van der Waals surface area contributed by atoms with E-state index in [2.05, 4.69) is 0 Å². The molecule has 0 aliphatic carbocycles. The Morgan fingerprint density at radius 3 is 2.50 bits per heavy atom. The van der Waals surface area contributed by atoms with Gasteiger partial charge < -0.3 is 5.11 Å². The van der Waals surface area contributed by atoms with Gasteiger partial charge in [0.25, 0.3) is 0 Å². The molecular weight excluding hydrogens is 275 g/mol. The molecule has 3 heteroatoms. The van der Waals surface area contributed by atoms with Gasteiger partial charge in [0.05, 0.1) is 0 Å². The second kappa shape index (κ2) is 6.87. The summed E-state index contributed by atoms with van der Waals surface area (Å²) in [5.74, 6) is -0.199. The molecule has 0 amide bonds. The van der Waals surface area contributed by atoms with Crippen molar-refractivity contribution in [3.63, 3.8) is 0 Å². The molecule has 1 atom stereocenters. The number of hydrogen-bond donors (Lipinski definition) is 1. The van der Waals surface area contributed by atoms with Crippen LogP contribution in [-0.2, 0) is 12.8 Å². The van der Waals surface area contributed by atoms with Gasteiger partial charge in [0.1, 0.15) is 5.82 Å². The highest BCUT2D eigenvalue weighted by atomic mass is 35.5. The predicted molar refractivity (Wildman–Crippen MR) is 80.6 cm³/mol. The van der Waals surface area contributed by atoms with E-state index in [-0.39, 0.29) is 18.3 Å². The van der Waals surface area contributed by atoms with Crippen molar-refractivity contribution in [1.29, 1.82) is 0 Å². The number of hydrogen-bond acceptors (Lipinski definition) is 1. The van der Waals surface area contributed by atoms with Crippen LogP contribution in [0.15, 0.2) is 42.5 Å². The summed E-state index contributed by atoms with van der Waals surface area (Å²) in [5, 5.41) is 10.3. The van der Waals surface area contributed by atoms with Crippen molar-refractivity contribution in [2.45, 2.75) is 19.8 Å². The smallest absolute Gasteiger partial charge is 0.123 e. The molecule has 0 spiro atoms. The van der Waals surface area contributed by atoms with Gasteiger partial charge >= 0.3 is 0 Å². The molecule has 106 valence electrons. The van der Waals surface area contributed by atoms with Crippen LogP contribution in [0.5, 0.6) is 0 Å². The van der Waals surface area contributed by atoms with Crippen LogP contribution in [0, 0.1) is 18.7 Å². The monoisotopic (exact) mass is 292 g/mol. The second-order valence-corrected chi connectivity index (χ2v) is 5.53. The fourth-order valence-electron chi connectivity index (χ4n) is 2.35. The Hall–Kier alpha value is -1.38. The molecule has 2 aromatic rings. The zero-order chi connectivity index (χ0) is 14.5. The Morgan fingerprint density at radius 1 is 1.10 bits per heavy atom. The first-order valence-corrected chi connectivity index (χ1v) is 7.07. The van der Waals surface area contributed by atoms with Gasteiger partial charge in [-0.3, -0.25) is 0 Å². The lowest BCUT2D eigenvalue weighted by atomic mass is 9.91. The van der Waals surface area contributed by atoms with Crippen molar-refractivity contribution in [3.8, 4) is 0 Å². The van der Waals surface area contributed by atoms with Crippen LogP contribution in [0.2, 0.25) is 5.02 Å². The van der Waals surface area contributed by atoms with Crippen molar-refractivity contribution in [2.75, 3.05) is 6.61 Å². The first-order chi connectivity index (χ1) is 9.60. The number of rotatable bonds is 5. The van der Waals surface area contributed by atoms with Crippen LogP contribution in [-0.4, -0.2) is 11.7 Å². The van der Waals surface area contributed by atoms with Crippen molar-refractivity contribution in [3.05, 3.63) is 70.0 Å². The molecule has 2 rings (SSSR count). The normalized spacial score (nSPS) is 12.4. The van der Waals surface area contributed by atoms with Crippen molar-refractivity contribution in [2.24, 2.45) is 5.92 Å². The highest BCUT2D eigenvalue weighted by molar-refractivity contribution is 6.31. The largest absolute Gasteiger partial charge is 0.396 e. The maximum Gasteiger partial charge on any atom is 0.123 e. The Labute approximate surface area is 124 Å². The quantitative estimate of drug-likeness (QED) is 0.876. The molecule has 0 radical (unpaired) electrons. The standard InChI is InChI=1S/C17H18ClFO/c1-12-6-7-16(19)10-15(12)9-13(11-20)8-14-4-2-3-5-17(14)18/h2-7,10,13,20H,8-9,11H2,1H3. The van der Waals surface area contributed by atoms with E-state index in [4.69, 9.17) is 11.6 Å².